The van der Waals surface area contributed by atoms with Crippen LogP contribution in [0, 0.1) is 0 Å². The Morgan fingerprint density at radius 3 is 2.83 bits per heavy atom. The lowest BCUT2D eigenvalue weighted by Gasteiger charge is -2.02. The van der Waals surface area contributed by atoms with Gasteiger partial charge in [-0.15, -0.1) is 0 Å². The Kier molecular flexibility index (Phi) is 3.34. The fourth-order valence-corrected chi connectivity index (χ4v) is 2.32. The number of aryl methyl sites for hydroxylation is 1. The Bertz CT molecular complexity index is 630. The zero-order valence-corrected chi connectivity index (χ0v) is 10.5. The van der Waals surface area contributed by atoms with E-state index in [1.807, 2.05) is 6.92 Å². The van der Waals surface area contributed by atoms with Crippen molar-refractivity contribution < 1.29 is 12.8 Å². The number of H-pyrrole nitrogens is 1. The molecule has 0 saturated heterocycles. The van der Waals surface area contributed by atoms with Gasteiger partial charge in [0.05, 0.1) is 18.9 Å². The molecule has 0 aliphatic heterocycles. The fraction of sp³-hybridized carbons (Fsp3) is 0.333. The molecule has 9 heteroatoms. The lowest BCUT2D eigenvalue weighted by Crippen LogP contribution is -2.23. The lowest BCUT2D eigenvalue weighted by molar-refractivity contribution is 0.452. The van der Waals surface area contributed by atoms with Gasteiger partial charge in [-0.3, -0.25) is 5.10 Å². The fourth-order valence-electron chi connectivity index (χ4n) is 1.33. The second kappa shape index (κ2) is 4.78. The van der Waals surface area contributed by atoms with Crippen LogP contribution < -0.4 is 10.5 Å². The molecule has 8 nitrogen and oxygen atoms in total. The average molecular weight is 271 g/mol. The Hall–Kier alpha value is -1.87. The van der Waals surface area contributed by atoms with Gasteiger partial charge in [-0.2, -0.15) is 5.10 Å². The quantitative estimate of drug-likeness (QED) is 0.703. The van der Waals surface area contributed by atoms with Gasteiger partial charge in [-0.1, -0.05) is 6.92 Å². The van der Waals surface area contributed by atoms with Gasteiger partial charge in [0, 0.05) is 6.42 Å². The maximum atomic E-state index is 11.8. The Balaban J connectivity index is 2.08. The minimum absolute atomic E-state index is 0.0100. The predicted molar refractivity (Wildman–Crippen MR) is 62.9 cm³/mol. The first-order valence-electron chi connectivity index (χ1n) is 5.25. The number of sulfonamides is 1. The van der Waals surface area contributed by atoms with Gasteiger partial charge in [0.1, 0.15) is 16.5 Å². The molecule has 0 atom stereocenters. The standard InChI is InChI=1S/C9H13N5O3S/c1-2-6-3-11-8(17-6)5-13-18(15,16)7-4-12-14-9(7)10/h3-4,13H,2,5H2,1H3,(H3,10,12,14). The largest absolute Gasteiger partial charge is 0.444 e. The van der Waals surface area contributed by atoms with Crippen molar-refractivity contribution in [1.82, 2.24) is 19.9 Å². The van der Waals surface area contributed by atoms with E-state index in [-0.39, 0.29) is 17.3 Å². The summed E-state index contributed by atoms with van der Waals surface area (Å²) in [5, 5.41) is 5.91. The summed E-state index contributed by atoms with van der Waals surface area (Å²) in [5.41, 5.74) is 5.44. The van der Waals surface area contributed by atoms with E-state index in [1.165, 1.54) is 0 Å². The molecular weight excluding hydrogens is 258 g/mol. The third-order valence-corrected chi connectivity index (χ3v) is 3.71. The molecule has 0 bridgehead atoms. The molecule has 0 aromatic carbocycles. The number of aromatic nitrogens is 3. The molecule has 4 N–H and O–H groups in total. The molecule has 0 unspecified atom stereocenters. The van der Waals surface area contributed by atoms with Crippen LogP contribution in [0.3, 0.4) is 0 Å². The van der Waals surface area contributed by atoms with E-state index in [0.29, 0.717) is 18.1 Å². The molecule has 0 fully saturated rings. The number of nitrogens with one attached hydrogen (secondary N) is 2. The topological polar surface area (TPSA) is 127 Å². The van der Waals surface area contributed by atoms with Gasteiger partial charge < -0.3 is 10.2 Å². The molecular formula is C9H13N5O3S. The Morgan fingerprint density at radius 1 is 1.50 bits per heavy atom. The van der Waals surface area contributed by atoms with Gasteiger partial charge in [-0.05, 0) is 0 Å². The van der Waals surface area contributed by atoms with Gasteiger partial charge in [0.25, 0.3) is 0 Å². The summed E-state index contributed by atoms with van der Waals surface area (Å²) in [6.45, 7) is 1.88. The van der Waals surface area contributed by atoms with E-state index in [0.717, 1.165) is 6.20 Å². The zero-order valence-electron chi connectivity index (χ0n) is 9.67. The van der Waals surface area contributed by atoms with Crippen molar-refractivity contribution in [3.8, 4) is 0 Å². The smallest absolute Gasteiger partial charge is 0.246 e. The normalized spacial score (nSPS) is 11.8. The summed E-state index contributed by atoms with van der Waals surface area (Å²) in [4.78, 5) is 3.85. The van der Waals surface area contributed by atoms with Crippen LogP contribution in [0.4, 0.5) is 5.82 Å². The molecule has 0 amide bonds. The first kappa shape index (κ1) is 12.6. The molecule has 0 aliphatic rings. The van der Waals surface area contributed by atoms with Crippen LogP contribution in [0.5, 0.6) is 0 Å². The van der Waals surface area contributed by atoms with Gasteiger partial charge >= 0.3 is 0 Å². The predicted octanol–water partition coefficient (Wildman–Crippen LogP) is 0.0208. The lowest BCUT2D eigenvalue weighted by atomic mass is 10.4. The summed E-state index contributed by atoms with van der Waals surface area (Å²) in [5.74, 6) is 0.994. The first-order valence-corrected chi connectivity index (χ1v) is 6.73. The number of aromatic amines is 1. The van der Waals surface area contributed by atoms with Crippen molar-refractivity contribution in [3.05, 3.63) is 24.0 Å². The SMILES string of the molecule is CCc1cnc(CNS(=O)(=O)c2cn[nH]c2N)o1. The number of rotatable bonds is 5. The molecule has 2 rings (SSSR count). The van der Waals surface area contributed by atoms with Crippen LogP contribution in [-0.4, -0.2) is 23.6 Å². The monoisotopic (exact) mass is 271 g/mol. The van der Waals surface area contributed by atoms with E-state index in [2.05, 4.69) is 19.9 Å². The molecule has 18 heavy (non-hydrogen) atoms. The van der Waals surface area contributed by atoms with Gasteiger partial charge in [-0.25, -0.2) is 18.1 Å². The summed E-state index contributed by atoms with van der Waals surface area (Å²) < 4.78 is 31.3. The third kappa shape index (κ3) is 2.51. The van der Waals surface area contributed by atoms with Crippen LogP contribution in [0.2, 0.25) is 0 Å². The summed E-state index contributed by atoms with van der Waals surface area (Å²) in [6.07, 6.45) is 3.41. The number of hydrogen-bond donors (Lipinski definition) is 3. The van der Waals surface area contributed by atoms with Crippen molar-refractivity contribution in [2.75, 3.05) is 5.73 Å². The Labute approximate surface area is 104 Å². The van der Waals surface area contributed by atoms with E-state index in [1.54, 1.807) is 6.20 Å². The molecule has 98 valence electrons. The first-order chi connectivity index (χ1) is 8.53. The van der Waals surface area contributed by atoms with E-state index in [9.17, 15) is 8.42 Å². The second-order valence-corrected chi connectivity index (χ2v) is 5.28. The van der Waals surface area contributed by atoms with Crippen LogP contribution in [-0.2, 0) is 23.0 Å². The number of nitrogen functional groups attached to an aromatic ring is 1. The minimum Gasteiger partial charge on any atom is -0.444 e. The summed E-state index contributed by atoms with van der Waals surface area (Å²) >= 11 is 0. The van der Waals surface area contributed by atoms with Gasteiger partial charge in [0.15, 0.2) is 0 Å². The number of nitrogens with zero attached hydrogens (tertiary/aromatic N) is 2. The minimum atomic E-state index is -3.71. The Morgan fingerprint density at radius 2 is 2.28 bits per heavy atom. The molecule has 2 aromatic rings. The van der Waals surface area contributed by atoms with Crippen molar-refractivity contribution >= 4 is 15.8 Å². The number of hydrogen-bond acceptors (Lipinski definition) is 6. The molecule has 2 heterocycles. The molecule has 0 saturated carbocycles. The van der Waals surface area contributed by atoms with E-state index in [4.69, 9.17) is 10.2 Å². The van der Waals surface area contributed by atoms with Crippen LogP contribution in [0.1, 0.15) is 18.6 Å². The molecule has 0 spiro atoms. The van der Waals surface area contributed by atoms with Crippen LogP contribution in [0.25, 0.3) is 0 Å². The van der Waals surface area contributed by atoms with E-state index < -0.39 is 10.0 Å². The van der Waals surface area contributed by atoms with Crippen LogP contribution in [0.15, 0.2) is 21.7 Å². The maximum Gasteiger partial charge on any atom is 0.246 e. The van der Waals surface area contributed by atoms with Gasteiger partial charge in [0.2, 0.25) is 15.9 Å². The number of oxazole rings is 1. The van der Waals surface area contributed by atoms with Crippen LogP contribution >= 0.6 is 0 Å². The molecule has 0 radical (unpaired) electrons. The third-order valence-electron chi connectivity index (χ3n) is 2.29. The van der Waals surface area contributed by atoms with Crippen molar-refractivity contribution in [3.63, 3.8) is 0 Å². The summed E-state index contributed by atoms with van der Waals surface area (Å²) in [7, 11) is -3.71. The highest BCUT2D eigenvalue weighted by Crippen LogP contribution is 2.14. The van der Waals surface area contributed by atoms with Crippen molar-refractivity contribution in [1.29, 1.82) is 0 Å². The highest BCUT2D eigenvalue weighted by Gasteiger charge is 2.19. The second-order valence-electron chi connectivity index (χ2n) is 3.55. The summed E-state index contributed by atoms with van der Waals surface area (Å²) in [6, 6.07) is 0. The number of nitrogens with two attached hydrogens (primary N) is 1. The average Bonchev–Trinajstić information content (AvgIpc) is 2.95. The van der Waals surface area contributed by atoms with Crippen molar-refractivity contribution in [2.24, 2.45) is 0 Å². The zero-order chi connectivity index (χ0) is 13.2. The highest BCUT2D eigenvalue weighted by atomic mass is 32.2. The number of anilines is 1. The maximum absolute atomic E-state index is 11.8. The highest BCUT2D eigenvalue weighted by molar-refractivity contribution is 7.89. The molecule has 0 aliphatic carbocycles. The van der Waals surface area contributed by atoms with E-state index >= 15 is 0 Å². The molecule has 2 aromatic heterocycles. The van der Waals surface area contributed by atoms with Crippen molar-refractivity contribution in [2.45, 2.75) is 24.8 Å².